The van der Waals surface area contributed by atoms with E-state index in [4.69, 9.17) is 4.74 Å². The summed E-state index contributed by atoms with van der Waals surface area (Å²) in [7, 11) is 0. The van der Waals surface area contributed by atoms with Gasteiger partial charge in [-0.3, -0.25) is 4.90 Å². The molecule has 1 saturated heterocycles. The average Bonchev–Trinajstić information content (AvgIpc) is 2.23. The highest BCUT2D eigenvalue weighted by atomic mass is 127. The fourth-order valence-corrected chi connectivity index (χ4v) is 2.03. The molecule has 0 aliphatic carbocycles. The second-order valence-corrected chi connectivity index (χ2v) is 4.72. The van der Waals surface area contributed by atoms with Crippen molar-refractivity contribution in [2.45, 2.75) is 13.3 Å². The summed E-state index contributed by atoms with van der Waals surface area (Å²) < 4.78 is 6.17. The quantitative estimate of drug-likeness (QED) is 0.745. The van der Waals surface area contributed by atoms with E-state index in [2.05, 4.69) is 29.5 Å². The molecule has 1 amide bonds. The molecule has 0 spiro atoms. The molecule has 1 heterocycles. The molecule has 1 fully saturated rings. The van der Waals surface area contributed by atoms with Crippen molar-refractivity contribution >= 4 is 34.4 Å². The van der Waals surface area contributed by atoms with Gasteiger partial charge in [-0.25, -0.2) is 4.79 Å². The Morgan fingerprint density at radius 2 is 2.27 bits per heavy atom. The van der Waals surface area contributed by atoms with Crippen molar-refractivity contribution in [3.8, 4) is 0 Å². The molecular formula is C11H12INO2. The van der Waals surface area contributed by atoms with E-state index in [0.29, 0.717) is 6.61 Å². The average molecular weight is 317 g/mol. The monoisotopic (exact) mass is 317 g/mol. The number of hydrogen-bond acceptors (Lipinski definition) is 2. The highest BCUT2D eigenvalue weighted by Crippen LogP contribution is 2.23. The van der Waals surface area contributed by atoms with Crippen LogP contribution in [0.3, 0.4) is 0 Å². The number of rotatable bonds is 1. The van der Waals surface area contributed by atoms with Gasteiger partial charge in [0.2, 0.25) is 0 Å². The lowest BCUT2D eigenvalue weighted by molar-refractivity contribution is 0.140. The summed E-state index contributed by atoms with van der Waals surface area (Å²) in [6.07, 6.45) is 0.664. The van der Waals surface area contributed by atoms with Crippen molar-refractivity contribution in [1.82, 2.24) is 0 Å². The Morgan fingerprint density at radius 1 is 1.47 bits per heavy atom. The molecule has 3 nitrogen and oxygen atoms in total. The van der Waals surface area contributed by atoms with E-state index in [1.165, 1.54) is 9.13 Å². The molecule has 4 heteroatoms. The van der Waals surface area contributed by atoms with Gasteiger partial charge in [-0.2, -0.15) is 0 Å². The van der Waals surface area contributed by atoms with Crippen molar-refractivity contribution in [3.05, 3.63) is 27.3 Å². The largest absolute Gasteiger partial charge is 0.449 e. The number of aryl methyl sites for hydroxylation is 1. The van der Waals surface area contributed by atoms with Crippen LogP contribution in [0.5, 0.6) is 0 Å². The maximum atomic E-state index is 11.5. The van der Waals surface area contributed by atoms with Crippen molar-refractivity contribution in [2.24, 2.45) is 0 Å². The zero-order valence-electron chi connectivity index (χ0n) is 8.50. The molecule has 15 heavy (non-hydrogen) atoms. The normalized spacial score (nSPS) is 16.4. The topological polar surface area (TPSA) is 29.5 Å². The van der Waals surface area contributed by atoms with Gasteiger partial charge in [0, 0.05) is 15.8 Å². The van der Waals surface area contributed by atoms with E-state index in [0.717, 1.165) is 18.7 Å². The van der Waals surface area contributed by atoms with E-state index in [-0.39, 0.29) is 6.09 Å². The molecule has 0 N–H and O–H groups in total. The lowest BCUT2D eigenvalue weighted by Gasteiger charge is -2.26. The number of hydrogen-bond donors (Lipinski definition) is 0. The summed E-state index contributed by atoms with van der Waals surface area (Å²) in [6.45, 7) is 3.34. The van der Waals surface area contributed by atoms with Crippen molar-refractivity contribution in [2.75, 3.05) is 18.1 Å². The Bertz CT molecular complexity index is 392. The van der Waals surface area contributed by atoms with Gasteiger partial charge in [0.25, 0.3) is 0 Å². The standard InChI is InChI=1S/C11H12INO2/c1-8-3-4-9(7-10(8)12)13-5-2-6-15-11(13)14/h3-4,7H,2,5-6H2,1H3. The predicted octanol–water partition coefficient (Wildman–Crippen LogP) is 2.95. The minimum absolute atomic E-state index is 0.235. The van der Waals surface area contributed by atoms with Gasteiger partial charge in [0.05, 0.1) is 6.61 Å². The molecule has 0 saturated carbocycles. The van der Waals surface area contributed by atoms with Crippen LogP contribution in [0.2, 0.25) is 0 Å². The first kappa shape index (κ1) is 10.7. The molecule has 0 bridgehead atoms. The van der Waals surface area contributed by atoms with Crippen LogP contribution in [0.4, 0.5) is 10.5 Å². The fourth-order valence-electron chi connectivity index (χ4n) is 1.54. The van der Waals surface area contributed by atoms with E-state index < -0.39 is 0 Å². The lowest BCUT2D eigenvalue weighted by Crippen LogP contribution is -2.37. The van der Waals surface area contributed by atoms with Crippen LogP contribution in [-0.2, 0) is 4.74 Å². The molecule has 1 aliphatic rings. The van der Waals surface area contributed by atoms with Crippen LogP contribution in [0.15, 0.2) is 18.2 Å². The Labute approximate surface area is 103 Å². The number of halogens is 1. The van der Waals surface area contributed by atoms with Crippen LogP contribution in [0.1, 0.15) is 12.0 Å². The number of ether oxygens (including phenoxy) is 1. The minimum atomic E-state index is -0.235. The Morgan fingerprint density at radius 3 is 2.93 bits per heavy atom. The van der Waals surface area contributed by atoms with E-state index >= 15 is 0 Å². The van der Waals surface area contributed by atoms with Crippen molar-refractivity contribution in [3.63, 3.8) is 0 Å². The smallest absolute Gasteiger partial charge is 0.414 e. The molecule has 0 unspecified atom stereocenters. The van der Waals surface area contributed by atoms with E-state index in [1.807, 2.05) is 18.2 Å². The summed E-state index contributed by atoms with van der Waals surface area (Å²) in [6, 6.07) is 6.01. The first-order valence-electron chi connectivity index (χ1n) is 4.89. The number of nitrogens with zero attached hydrogens (tertiary/aromatic N) is 1. The van der Waals surface area contributed by atoms with Gasteiger partial charge in [0.15, 0.2) is 0 Å². The maximum absolute atomic E-state index is 11.5. The fraction of sp³-hybridized carbons (Fsp3) is 0.364. The SMILES string of the molecule is Cc1ccc(N2CCCOC2=O)cc1I. The summed E-state index contributed by atoms with van der Waals surface area (Å²) in [4.78, 5) is 13.2. The summed E-state index contributed by atoms with van der Waals surface area (Å²) in [5.74, 6) is 0. The zero-order chi connectivity index (χ0) is 10.8. The molecule has 0 atom stereocenters. The van der Waals surface area contributed by atoms with Crippen LogP contribution in [0, 0.1) is 10.5 Å². The van der Waals surface area contributed by atoms with Crippen LogP contribution < -0.4 is 4.90 Å². The number of benzene rings is 1. The molecule has 0 aromatic heterocycles. The first-order valence-corrected chi connectivity index (χ1v) is 5.97. The molecule has 0 radical (unpaired) electrons. The van der Waals surface area contributed by atoms with Crippen LogP contribution >= 0.6 is 22.6 Å². The van der Waals surface area contributed by atoms with E-state index in [9.17, 15) is 4.79 Å². The van der Waals surface area contributed by atoms with Gasteiger partial charge in [-0.1, -0.05) is 6.07 Å². The minimum Gasteiger partial charge on any atom is -0.449 e. The van der Waals surface area contributed by atoms with Crippen LogP contribution in [0.25, 0.3) is 0 Å². The Kier molecular flexibility index (Phi) is 3.14. The van der Waals surface area contributed by atoms with Gasteiger partial charge < -0.3 is 4.74 Å². The Balaban J connectivity index is 2.28. The zero-order valence-corrected chi connectivity index (χ0v) is 10.7. The second kappa shape index (κ2) is 4.38. The molecule has 80 valence electrons. The van der Waals surface area contributed by atoms with Gasteiger partial charge in [-0.05, 0) is 53.6 Å². The highest BCUT2D eigenvalue weighted by Gasteiger charge is 2.21. The molecule has 2 rings (SSSR count). The number of carbonyl (C=O) groups is 1. The third-order valence-corrected chi connectivity index (χ3v) is 3.60. The van der Waals surface area contributed by atoms with Crippen LogP contribution in [-0.4, -0.2) is 19.2 Å². The molecule has 1 aliphatic heterocycles. The third kappa shape index (κ3) is 2.25. The van der Waals surface area contributed by atoms with E-state index in [1.54, 1.807) is 4.90 Å². The van der Waals surface area contributed by atoms with Gasteiger partial charge in [0.1, 0.15) is 0 Å². The summed E-state index contributed by atoms with van der Waals surface area (Å²) in [5, 5.41) is 0. The van der Waals surface area contributed by atoms with Gasteiger partial charge in [-0.15, -0.1) is 0 Å². The number of carbonyl (C=O) groups excluding carboxylic acids is 1. The maximum Gasteiger partial charge on any atom is 0.414 e. The lowest BCUT2D eigenvalue weighted by atomic mass is 10.2. The predicted molar refractivity (Wildman–Crippen MR) is 67.2 cm³/mol. The number of cyclic esters (lactones) is 1. The second-order valence-electron chi connectivity index (χ2n) is 3.55. The number of anilines is 1. The van der Waals surface area contributed by atoms with Crippen molar-refractivity contribution in [1.29, 1.82) is 0 Å². The highest BCUT2D eigenvalue weighted by molar-refractivity contribution is 14.1. The van der Waals surface area contributed by atoms with Gasteiger partial charge >= 0.3 is 6.09 Å². The third-order valence-electron chi connectivity index (χ3n) is 2.44. The first-order chi connectivity index (χ1) is 7.18. The summed E-state index contributed by atoms with van der Waals surface area (Å²) in [5.41, 5.74) is 2.15. The van der Waals surface area contributed by atoms with Crippen molar-refractivity contribution < 1.29 is 9.53 Å². The Hall–Kier alpha value is -0.780. The molecule has 1 aromatic rings. The molecule has 1 aromatic carbocycles. The number of amides is 1. The summed E-state index contributed by atoms with van der Waals surface area (Å²) >= 11 is 2.27. The molecular weight excluding hydrogens is 305 g/mol.